The zero-order chi connectivity index (χ0) is 13.2. The van der Waals surface area contributed by atoms with E-state index in [2.05, 4.69) is 47.8 Å². The molecule has 0 amide bonds. The second kappa shape index (κ2) is 5.38. The maximum absolute atomic E-state index is 2.58. The summed E-state index contributed by atoms with van der Waals surface area (Å²) in [6.45, 7) is 2.23. The highest BCUT2D eigenvalue weighted by atomic mass is 15.1. The van der Waals surface area contributed by atoms with Crippen LogP contribution in [0.3, 0.4) is 0 Å². The summed E-state index contributed by atoms with van der Waals surface area (Å²) in [6, 6.07) is 8.96. The van der Waals surface area contributed by atoms with Crippen LogP contribution in [-0.2, 0) is 19.4 Å². The molecule has 2 aromatic rings. The smallest absolute Gasteiger partial charge is 0.0485 e. The van der Waals surface area contributed by atoms with E-state index >= 15 is 0 Å². The Morgan fingerprint density at radius 2 is 1.84 bits per heavy atom. The Morgan fingerprint density at radius 3 is 2.68 bits per heavy atom. The number of para-hydroxylation sites is 1. The molecule has 0 bridgehead atoms. The molecule has 3 rings (SSSR count). The van der Waals surface area contributed by atoms with E-state index < -0.39 is 0 Å². The normalized spacial score (nSPS) is 15.7. The summed E-state index contributed by atoms with van der Waals surface area (Å²) in [5, 5.41) is 1.50. The number of aromatic nitrogens is 1. The zero-order valence-electron chi connectivity index (χ0n) is 12.2. The van der Waals surface area contributed by atoms with E-state index in [-0.39, 0.29) is 0 Å². The first-order chi connectivity index (χ1) is 9.27. The molecular formula is C17H24N2. The minimum atomic E-state index is 1.11. The molecule has 2 heteroatoms. The molecule has 2 nitrogen and oxygen atoms in total. The number of benzene rings is 1. The van der Waals surface area contributed by atoms with E-state index in [1.54, 1.807) is 11.3 Å². The van der Waals surface area contributed by atoms with Gasteiger partial charge in [0.05, 0.1) is 0 Å². The van der Waals surface area contributed by atoms with Crippen molar-refractivity contribution < 1.29 is 0 Å². The lowest BCUT2D eigenvalue weighted by Gasteiger charge is -2.14. The minimum absolute atomic E-state index is 1.11. The molecule has 19 heavy (non-hydrogen) atoms. The van der Waals surface area contributed by atoms with Gasteiger partial charge in [0.1, 0.15) is 0 Å². The van der Waals surface area contributed by atoms with Crippen LogP contribution < -0.4 is 0 Å². The van der Waals surface area contributed by atoms with Crippen molar-refractivity contribution in [3.8, 4) is 0 Å². The molecule has 1 aliphatic rings. The van der Waals surface area contributed by atoms with E-state index in [0.29, 0.717) is 0 Å². The van der Waals surface area contributed by atoms with Gasteiger partial charge in [-0.05, 0) is 51.4 Å². The van der Waals surface area contributed by atoms with Crippen LogP contribution >= 0.6 is 0 Å². The van der Waals surface area contributed by atoms with Crippen molar-refractivity contribution in [2.45, 2.75) is 38.6 Å². The van der Waals surface area contributed by atoms with Crippen LogP contribution in [0.1, 0.15) is 30.5 Å². The molecule has 0 fully saturated rings. The third-order valence-corrected chi connectivity index (χ3v) is 4.31. The van der Waals surface area contributed by atoms with Gasteiger partial charge in [0.2, 0.25) is 0 Å². The molecule has 0 aliphatic heterocycles. The van der Waals surface area contributed by atoms with Crippen LogP contribution in [0.5, 0.6) is 0 Å². The first-order valence-corrected chi connectivity index (χ1v) is 7.51. The fourth-order valence-corrected chi connectivity index (χ4v) is 3.32. The maximum Gasteiger partial charge on any atom is 0.0485 e. The fraction of sp³-hybridized carbons (Fsp3) is 0.529. The van der Waals surface area contributed by atoms with Gasteiger partial charge in [-0.3, -0.25) is 0 Å². The lowest BCUT2D eigenvalue weighted by Crippen LogP contribution is -2.19. The highest BCUT2D eigenvalue weighted by molar-refractivity contribution is 5.85. The van der Waals surface area contributed by atoms with Crippen molar-refractivity contribution in [2.75, 3.05) is 20.6 Å². The second-order valence-corrected chi connectivity index (χ2v) is 5.96. The summed E-state index contributed by atoms with van der Waals surface area (Å²) >= 11 is 0. The molecule has 0 saturated heterocycles. The Morgan fingerprint density at radius 1 is 1.05 bits per heavy atom. The number of rotatable bonds is 3. The highest BCUT2D eigenvalue weighted by Crippen LogP contribution is 2.31. The van der Waals surface area contributed by atoms with Crippen LogP contribution in [-0.4, -0.2) is 30.1 Å². The monoisotopic (exact) mass is 256 g/mol. The third-order valence-electron chi connectivity index (χ3n) is 4.31. The summed E-state index contributed by atoms with van der Waals surface area (Å²) in [5.74, 6) is 0. The number of hydrogen-bond donors (Lipinski definition) is 0. The van der Waals surface area contributed by atoms with Crippen molar-refractivity contribution in [1.82, 2.24) is 9.47 Å². The summed E-state index contributed by atoms with van der Waals surface area (Å²) in [6.07, 6.45) is 6.62. The predicted molar refractivity (Wildman–Crippen MR) is 81.8 cm³/mol. The first-order valence-electron chi connectivity index (χ1n) is 7.51. The third kappa shape index (κ3) is 2.42. The average molecular weight is 256 g/mol. The van der Waals surface area contributed by atoms with E-state index in [0.717, 1.165) is 13.1 Å². The Balaban J connectivity index is 2.09. The van der Waals surface area contributed by atoms with Gasteiger partial charge in [-0.1, -0.05) is 24.6 Å². The molecule has 1 heterocycles. The SMILES string of the molecule is CN(C)CCn1c2c(c3ccccc31)CCCCC2. The Hall–Kier alpha value is -1.28. The lowest BCUT2D eigenvalue weighted by atomic mass is 10.1. The number of aryl methyl sites for hydroxylation is 1. The van der Waals surface area contributed by atoms with Crippen LogP contribution in [0, 0.1) is 0 Å². The molecule has 102 valence electrons. The maximum atomic E-state index is 2.58. The van der Waals surface area contributed by atoms with Crippen LogP contribution in [0.25, 0.3) is 10.9 Å². The van der Waals surface area contributed by atoms with Gasteiger partial charge < -0.3 is 9.47 Å². The van der Waals surface area contributed by atoms with Crippen molar-refractivity contribution in [2.24, 2.45) is 0 Å². The minimum Gasteiger partial charge on any atom is -0.343 e. The van der Waals surface area contributed by atoms with Gasteiger partial charge in [-0.15, -0.1) is 0 Å². The predicted octanol–water partition coefficient (Wildman–Crippen LogP) is 3.47. The number of likely N-dealkylation sites (N-methyl/N-ethyl adjacent to an activating group) is 1. The Bertz CT molecular complexity index is 566. The van der Waals surface area contributed by atoms with Crippen molar-refractivity contribution in [3.63, 3.8) is 0 Å². The van der Waals surface area contributed by atoms with Crippen molar-refractivity contribution in [1.29, 1.82) is 0 Å². The molecule has 0 atom stereocenters. The van der Waals surface area contributed by atoms with Gasteiger partial charge >= 0.3 is 0 Å². The summed E-state index contributed by atoms with van der Waals surface area (Å²) in [4.78, 5) is 2.28. The van der Waals surface area contributed by atoms with Gasteiger partial charge in [0.15, 0.2) is 0 Å². The molecule has 0 saturated carbocycles. The average Bonchev–Trinajstić information content (AvgIpc) is 2.56. The number of nitrogens with zero attached hydrogens (tertiary/aromatic N) is 2. The van der Waals surface area contributed by atoms with Crippen molar-refractivity contribution in [3.05, 3.63) is 35.5 Å². The second-order valence-electron chi connectivity index (χ2n) is 5.96. The molecule has 1 aromatic carbocycles. The number of fused-ring (bicyclic) bond motifs is 3. The van der Waals surface area contributed by atoms with Gasteiger partial charge in [-0.25, -0.2) is 0 Å². The molecule has 0 radical (unpaired) electrons. The number of hydrogen-bond acceptors (Lipinski definition) is 1. The van der Waals surface area contributed by atoms with Crippen LogP contribution in [0.2, 0.25) is 0 Å². The van der Waals surface area contributed by atoms with Crippen LogP contribution in [0.15, 0.2) is 24.3 Å². The Kier molecular flexibility index (Phi) is 3.61. The van der Waals surface area contributed by atoms with E-state index in [9.17, 15) is 0 Å². The fourth-order valence-electron chi connectivity index (χ4n) is 3.32. The van der Waals surface area contributed by atoms with Gasteiger partial charge in [-0.2, -0.15) is 0 Å². The van der Waals surface area contributed by atoms with Crippen LogP contribution in [0.4, 0.5) is 0 Å². The molecule has 0 unspecified atom stereocenters. The van der Waals surface area contributed by atoms with E-state index in [1.165, 1.54) is 43.0 Å². The Labute approximate surface area is 116 Å². The van der Waals surface area contributed by atoms with E-state index in [1.807, 2.05) is 0 Å². The first kappa shape index (κ1) is 12.7. The molecule has 0 N–H and O–H groups in total. The largest absolute Gasteiger partial charge is 0.343 e. The standard InChI is InChI=1S/C17H24N2/c1-18(2)12-13-19-16-10-5-3-4-8-14(16)15-9-6-7-11-17(15)19/h6-7,9,11H,3-5,8,10,12-13H2,1-2H3. The summed E-state index contributed by atoms with van der Waals surface area (Å²) in [5.41, 5.74) is 4.68. The summed E-state index contributed by atoms with van der Waals surface area (Å²) < 4.78 is 2.58. The van der Waals surface area contributed by atoms with Crippen molar-refractivity contribution >= 4 is 10.9 Å². The lowest BCUT2D eigenvalue weighted by molar-refractivity contribution is 0.384. The summed E-state index contributed by atoms with van der Waals surface area (Å²) in [7, 11) is 4.31. The topological polar surface area (TPSA) is 8.17 Å². The highest BCUT2D eigenvalue weighted by Gasteiger charge is 2.18. The zero-order valence-corrected chi connectivity index (χ0v) is 12.2. The molecule has 0 spiro atoms. The molecular weight excluding hydrogens is 232 g/mol. The van der Waals surface area contributed by atoms with Gasteiger partial charge in [0, 0.05) is 29.7 Å². The van der Waals surface area contributed by atoms with E-state index in [4.69, 9.17) is 0 Å². The quantitative estimate of drug-likeness (QED) is 0.763. The van der Waals surface area contributed by atoms with Gasteiger partial charge in [0.25, 0.3) is 0 Å². The molecule has 1 aromatic heterocycles. The molecule has 1 aliphatic carbocycles.